The summed E-state index contributed by atoms with van der Waals surface area (Å²) in [6, 6.07) is 17.0. The summed E-state index contributed by atoms with van der Waals surface area (Å²) in [6.07, 6.45) is 5.97. The molecule has 0 unspecified atom stereocenters. The van der Waals surface area contributed by atoms with Gasteiger partial charge in [0.25, 0.3) is 0 Å². The Morgan fingerprint density at radius 3 is 2.62 bits per heavy atom. The molecule has 0 radical (unpaired) electrons. The molecule has 4 atom stereocenters. The molecule has 0 spiro atoms. The standard InChI is InChI=1S/C33H34N2O4S/c1-20(2)25-17-26-31(33(38)35(32(26)37)18-24-6-5-15-40-24)27-19-39-29(30(25)27)13-10-22(28-7-3-4-14-34-28)16-21-8-11-23(36)12-9-21/h3-9,11-12,14-16,20,26-27,29,31,36H,10,13,17-19H2,1-2H3/b22-16-/t26-,27+,29-,31-/m1/s1. The van der Waals surface area contributed by atoms with Crippen molar-refractivity contribution in [2.75, 3.05) is 6.61 Å². The Hall–Kier alpha value is -3.55. The molecule has 2 saturated heterocycles. The van der Waals surface area contributed by atoms with E-state index >= 15 is 0 Å². The lowest BCUT2D eigenvalue weighted by molar-refractivity contribution is -0.140. The number of phenols is 1. The van der Waals surface area contributed by atoms with E-state index < -0.39 is 0 Å². The van der Waals surface area contributed by atoms with Crippen LogP contribution < -0.4 is 0 Å². The molecular formula is C33H34N2O4S. The second-order valence-electron chi connectivity index (χ2n) is 11.3. The van der Waals surface area contributed by atoms with E-state index in [1.807, 2.05) is 47.8 Å². The summed E-state index contributed by atoms with van der Waals surface area (Å²) in [4.78, 5) is 34.3. The molecule has 2 aliphatic heterocycles. The van der Waals surface area contributed by atoms with Crippen LogP contribution >= 0.6 is 11.3 Å². The van der Waals surface area contributed by atoms with Gasteiger partial charge in [-0.15, -0.1) is 11.3 Å². The Kier molecular flexibility index (Phi) is 7.43. The van der Waals surface area contributed by atoms with Crippen LogP contribution in [0.25, 0.3) is 11.6 Å². The maximum atomic E-state index is 13.7. The molecule has 40 heavy (non-hydrogen) atoms. The summed E-state index contributed by atoms with van der Waals surface area (Å²) >= 11 is 1.58. The first-order valence-electron chi connectivity index (χ1n) is 14.0. The van der Waals surface area contributed by atoms with Crippen molar-refractivity contribution in [1.29, 1.82) is 0 Å². The predicted octanol–water partition coefficient (Wildman–Crippen LogP) is 6.34. The van der Waals surface area contributed by atoms with Crippen LogP contribution in [0.15, 0.2) is 77.3 Å². The van der Waals surface area contributed by atoms with Gasteiger partial charge in [-0.2, -0.15) is 0 Å². The zero-order chi connectivity index (χ0) is 27.8. The van der Waals surface area contributed by atoms with Crippen molar-refractivity contribution >= 4 is 34.8 Å². The Labute approximate surface area is 239 Å². The molecule has 6 nitrogen and oxygen atoms in total. The zero-order valence-electron chi connectivity index (χ0n) is 22.8. The number of imide groups is 1. The van der Waals surface area contributed by atoms with Gasteiger partial charge in [0, 0.05) is 17.0 Å². The van der Waals surface area contributed by atoms with E-state index in [0.717, 1.165) is 34.5 Å². The number of hydrogen-bond donors (Lipinski definition) is 1. The van der Waals surface area contributed by atoms with Gasteiger partial charge >= 0.3 is 0 Å². The highest BCUT2D eigenvalue weighted by Gasteiger charge is 2.57. The Morgan fingerprint density at radius 2 is 1.93 bits per heavy atom. The highest BCUT2D eigenvalue weighted by Crippen LogP contribution is 2.51. The minimum atomic E-state index is -0.335. The van der Waals surface area contributed by atoms with Crippen LogP contribution in [0.1, 0.15) is 49.2 Å². The highest BCUT2D eigenvalue weighted by molar-refractivity contribution is 7.09. The second kappa shape index (κ2) is 11.1. The first-order chi connectivity index (χ1) is 19.4. The first-order valence-corrected chi connectivity index (χ1v) is 14.9. The van der Waals surface area contributed by atoms with Crippen LogP contribution in [0.4, 0.5) is 0 Å². The number of ether oxygens (including phenoxy) is 1. The van der Waals surface area contributed by atoms with Crippen molar-refractivity contribution in [2.24, 2.45) is 23.7 Å². The molecule has 206 valence electrons. The molecule has 6 rings (SSSR count). The average Bonchev–Trinajstić information content (AvgIpc) is 3.68. The van der Waals surface area contributed by atoms with Gasteiger partial charge in [-0.1, -0.05) is 43.7 Å². The third-order valence-electron chi connectivity index (χ3n) is 8.53. The number of phenolic OH excluding ortho intramolecular Hbond substituents is 1. The van der Waals surface area contributed by atoms with E-state index in [0.29, 0.717) is 19.6 Å². The fraction of sp³-hybridized carbons (Fsp3) is 0.364. The predicted molar refractivity (Wildman–Crippen MR) is 156 cm³/mol. The van der Waals surface area contributed by atoms with Crippen LogP contribution in [0.5, 0.6) is 5.75 Å². The summed E-state index contributed by atoms with van der Waals surface area (Å²) in [7, 11) is 0. The Balaban J connectivity index is 1.26. The van der Waals surface area contributed by atoms with E-state index in [9.17, 15) is 14.7 Å². The number of aromatic hydroxyl groups is 1. The quantitative estimate of drug-likeness (QED) is 0.260. The number of thiophene rings is 1. The average molecular weight is 555 g/mol. The van der Waals surface area contributed by atoms with E-state index in [2.05, 4.69) is 24.9 Å². The van der Waals surface area contributed by atoms with Gasteiger partial charge < -0.3 is 9.84 Å². The summed E-state index contributed by atoms with van der Waals surface area (Å²) in [5, 5.41) is 11.7. The molecule has 1 aliphatic carbocycles. The number of benzene rings is 1. The molecule has 2 amide bonds. The van der Waals surface area contributed by atoms with E-state index in [1.165, 1.54) is 16.0 Å². The number of pyridine rings is 1. The molecular weight excluding hydrogens is 520 g/mol. The minimum absolute atomic E-state index is 0.0293. The molecule has 2 aromatic heterocycles. The van der Waals surface area contributed by atoms with Gasteiger partial charge in [0.15, 0.2) is 0 Å². The molecule has 0 bridgehead atoms. The summed E-state index contributed by atoms with van der Waals surface area (Å²) < 4.78 is 6.45. The molecule has 0 saturated carbocycles. The van der Waals surface area contributed by atoms with Gasteiger partial charge in [-0.3, -0.25) is 19.5 Å². The molecule has 3 aromatic rings. The fourth-order valence-electron chi connectivity index (χ4n) is 6.62. The number of aromatic nitrogens is 1. The van der Waals surface area contributed by atoms with Crippen LogP contribution in [0, 0.1) is 23.7 Å². The monoisotopic (exact) mass is 554 g/mol. The third-order valence-corrected chi connectivity index (χ3v) is 9.39. The largest absolute Gasteiger partial charge is 0.508 e. The van der Waals surface area contributed by atoms with Crippen LogP contribution in [0.3, 0.4) is 0 Å². The van der Waals surface area contributed by atoms with E-state index in [1.54, 1.807) is 29.7 Å². The highest BCUT2D eigenvalue weighted by atomic mass is 32.1. The van der Waals surface area contributed by atoms with E-state index in [4.69, 9.17) is 4.74 Å². The van der Waals surface area contributed by atoms with E-state index in [-0.39, 0.29) is 47.3 Å². The number of carbonyl (C=O) groups excluding carboxylic acids is 2. The Morgan fingerprint density at radius 1 is 1.10 bits per heavy atom. The van der Waals surface area contributed by atoms with Crippen molar-refractivity contribution in [3.8, 4) is 5.75 Å². The maximum Gasteiger partial charge on any atom is 0.234 e. The SMILES string of the molecule is CC(C)C1=C2[C@@H](CC/C(=C/c3ccc(O)cc3)c3ccccn3)OC[C@@H]2[C@@H]2C(=O)N(Cc3cccs3)C(=O)[C@@H]2C1. The normalized spacial score (nSPS) is 24.7. The smallest absolute Gasteiger partial charge is 0.234 e. The molecule has 2 fully saturated rings. The maximum absolute atomic E-state index is 13.7. The number of nitrogens with zero attached hydrogens (tertiary/aromatic N) is 2. The van der Waals surface area contributed by atoms with Crippen molar-refractivity contribution in [1.82, 2.24) is 9.88 Å². The van der Waals surface area contributed by atoms with Gasteiger partial charge in [-0.25, -0.2) is 0 Å². The summed E-state index contributed by atoms with van der Waals surface area (Å²) in [5.74, 6) is -0.237. The van der Waals surface area contributed by atoms with Crippen molar-refractivity contribution in [3.63, 3.8) is 0 Å². The number of fused-ring (bicyclic) bond motifs is 3. The summed E-state index contributed by atoms with van der Waals surface area (Å²) in [5.41, 5.74) is 5.53. The lowest BCUT2D eigenvalue weighted by Gasteiger charge is -2.33. The molecule has 3 aliphatic rings. The molecule has 1 N–H and O–H groups in total. The lowest BCUT2D eigenvalue weighted by Crippen LogP contribution is -2.35. The van der Waals surface area contributed by atoms with Gasteiger partial charge in [0.05, 0.1) is 36.8 Å². The number of allylic oxidation sites excluding steroid dienone is 2. The molecule has 4 heterocycles. The third kappa shape index (κ3) is 5.04. The number of rotatable bonds is 8. The minimum Gasteiger partial charge on any atom is -0.508 e. The van der Waals surface area contributed by atoms with Gasteiger partial charge in [0.1, 0.15) is 5.75 Å². The Bertz CT molecular complexity index is 1440. The van der Waals surface area contributed by atoms with Crippen LogP contribution in [-0.4, -0.2) is 39.5 Å². The fourth-order valence-corrected chi connectivity index (χ4v) is 7.32. The zero-order valence-corrected chi connectivity index (χ0v) is 23.6. The van der Waals surface area contributed by atoms with Crippen molar-refractivity contribution in [2.45, 2.75) is 45.8 Å². The second-order valence-corrected chi connectivity index (χ2v) is 12.3. The van der Waals surface area contributed by atoms with Gasteiger partial charge in [0.2, 0.25) is 11.8 Å². The first kappa shape index (κ1) is 26.7. The molecule has 7 heteroatoms. The van der Waals surface area contributed by atoms with Crippen molar-refractivity contribution < 1.29 is 19.4 Å². The number of amides is 2. The number of carbonyl (C=O) groups is 2. The number of likely N-dealkylation sites (tertiary alicyclic amines) is 1. The molecule has 1 aromatic carbocycles. The topological polar surface area (TPSA) is 79.7 Å². The van der Waals surface area contributed by atoms with Crippen LogP contribution in [0.2, 0.25) is 0 Å². The van der Waals surface area contributed by atoms with Crippen LogP contribution in [-0.2, 0) is 20.9 Å². The lowest BCUT2D eigenvalue weighted by atomic mass is 9.67. The summed E-state index contributed by atoms with van der Waals surface area (Å²) in [6.45, 7) is 5.21. The van der Waals surface area contributed by atoms with Gasteiger partial charge in [-0.05, 0) is 83.7 Å². The van der Waals surface area contributed by atoms with Crippen molar-refractivity contribution in [3.05, 3.63) is 93.5 Å². The number of hydrogen-bond acceptors (Lipinski definition) is 6.